The van der Waals surface area contributed by atoms with Crippen LogP contribution in [0.3, 0.4) is 0 Å². The number of aryl methyl sites for hydroxylation is 1. The molecule has 7 nitrogen and oxygen atoms in total. The Bertz CT molecular complexity index is 1500. The van der Waals surface area contributed by atoms with Crippen molar-refractivity contribution in [2.24, 2.45) is 0 Å². The van der Waals surface area contributed by atoms with Gasteiger partial charge in [-0.25, -0.2) is 9.50 Å². The van der Waals surface area contributed by atoms with Gasteiger partial charge in [-0.2, -0.15) is 19.0 Å². The summed E-state index contributed by atoms with van der Waals surface area (Å²) in [6, 6.07) is 18.2. The van der Waals surface area contributed by atoms with Gasteiger partial charge in [0.15, 0.2) is 17.2 Å². The smallest absolute Gasteiger partial charge is 0.304 e. The van der Waals surface area contributed by atoms with Gasteiger partial charge < -0.3 is 5.32 Å². The van der Waals surface area contributed by atoms with Crippen molar-refractivity contribution in [3.8, 4) is 0 Å². The monoisotopic (exact) mass is 466 g/mol. The van der Waals surface area contributed by atoms with Crippen LogP contribution in [0.2, 0.25) is 0 Å². The van der Waals surface area contributed by atoms with Gasteiger partial charge >= 0.3 is 5.38 Å². The Labute approximate surface area is 191 Å². The van der Waals surface area contributed by atoms with Crippen LogP contribution in [0, 0.1) is 6.92 Å². The van der Waals surface area contributed by atoms with Crippen LogP contribution in [0.5, 0.6) is 0 Å². The van der Waals surface area contributed by atoms with Gasteiger partial charge in [0.25, 0.3) is 5.91 Å². The molecule has 2 aromatic carbocycles. The van der Waals surface area contributed by atoms with Crippen LogP contribution in [0.15, 0.2) is 66.9 Å². The van der Waals surface area contributed by atoms with Crippen LogP contribution in [0.4, 0.5) is 14.6 Å². The van der Waals surface area contributed by atoms with Gasteiger partial charge in [-0.05, 0) is 40.9 Å². The summed E-state index contributed by atoms with van der Waals surface area (Å²) in [6.45, 7) is 2.07. The molecule has 3 aromatic heterocycles. The van der Waals surface area contributed by atoms with Crippen molar-refractivity contribution >= 4 is 39.7 Å². The number of nitrogens with one attached hydrogen (secondary N) is 1. The highest BCUT2D eigenvalue weighted by Crippen LogP contribution is 2.32. The third kappa shape index (κ3) is 4.14. The van der Waals surface area contributed by atoms with Gasteiger partial charge in [-0.3, -0.25) is 9.48 Å². The zero-order valence-electron chi connectivity index (χ0n) is 17.3. The predicted molar refractivity (Wildman–Crippen MR) is 121 cm³/mol. The van der Waals surface area contributed by atoms with E-state index in [0.717, 1.165) is 26.9 Å². The Morgan fingerprint density at radius 1 is 1.09 bits per heavy atom. The number of fused-ring (bicyclic) bond motifs is 2. The van der Waals surface area contributed by atoms with Gasteiger partial charge in [0, 0.05) is 24.0 Å². The fourth-order valence-corrected chi connectivity index (χ4v) is 3.85. The van der Waals surface area contributed by atoms with Crippen molar-refractivity contribution in [3.05, 3.63) is 89.5 Å². The lowest BCUT2D eigenvalue weighted by molar-refractivity contribution is 0.0868. The number of nitrogens with zero attached hydrogens (tertiary/aromatic N) is 5. The number of amides is 1. The lowest BCUT2D eigenvalue weighted by atomic mass is 10.0. The number of carbonyl (C=O) groups is 1. The van der Waals surface area contributed by atoms with Crippen LogP contribution >= 0.6 is 11.6 Å². The maximum absolute atomic E-state index is 13.8. The minimum Gasteiger partial charge on any atom is -0.304 e. The first-order chi connectivity index (χ1) is 15.8. The summed E-state index contributed by atoms with van der Waals surface area (Å²) in [5.74, 6) is -0.290. The molecular formula is C23H17ClF2N6O. The van der Waals surface area contributed by atoms with E-state index in [2.05, 4.69) is 26.6 Å². The molecule has 0 aliphatic carbocycles. The molecule has 33 heavy (non-hydrogen) atoms. The topological polar surface area (TPSA) is 77.1 Å². The van der Waals surface area contributed by atoms with Crippen molar-refractivity contribution < 1.29 is 13.6 Å². The summed E-state index contributed by atoms with van der Waals surface area (Å²) in [5, 5.41) is 9.60. The number of rotatable bonds is 5. The number of benzene rings is 2. The molecule has 0 saturated heterocycles. The van der Waals surface area contributed by atoms with Gasteiger partial charge in [0.1, 0.15) is 5.69 Å². The van der Waals surface area contributed by atoms with Gasteiger partial charge in [-0.1, -0.05) is 42.5 Å². The SMILES string of the molecule is Cc1cc(C(F)(F)Cl)n2nc(C(=O)Nc3ccn(Cc4cccc5ccccc45)n3)cc2n1. The van der Waals surface area contributed by atoms with Crippen LogP contribution in [-0.4, -0.2) is 30.3 Å². The van der Waals surface area contributed by atoms with E-state index in [-0.39, 0.29) is 11.3 Å². The summed E-state index contributed by atoms with van der Waals surface area (Å²) < 4.78 is 30.1. The zero-order chi connectivity index (χ0) is 23.2. The lowest BCUT2D eigenvalue weighted by Gasteiger charge is -2.10. The van der Waals surface area contributed by atoms with E-state index in [9.17, 15) is 13.6 Å². The number of hydrogen-bond acceptors (Lipinski definition) is 4. The average Bonchev–Trinajstić information content (AvgIpc) is 3.39. The second kappa shape index (κ2) is 7.93. The normalized spacial score (nSPS) is 11.9. The largest absolute Gasteiger partial charge is 0.364 e. The Morgan fingerprint density at radius 2 is 1.88 bits per heavy atom. The van der Waals surface area contributed by atoms with E-state index >= 15 is 0 Å². The van der Waals surface area contributed by atoms with Crippen molar-refractivity contribution in [3.63, 3.8) is 0 Å². The van der Waals surface area contributed by atoms with Crippen molar-refractivity contribution in [2.45, 2.75) is 18.9 Å². The zero-order valence-corrected chi connectivity index (χ0v) is 18.1. The Kier molecular flexibility index (Phi) is 5.05. The molecule has 0 aliphatic heterocycles. The molecule has 166 valence electrons. The highest BCUT2D eigenvalue weighted by Gasteiger charge is 2.32. The van der Waals surface area contributed by atoms with Gasteiger partial charge in [0.05, 0.1) is 6.54 Å². The average molecular weight is 467 g/mol. The number of aromatic nitrogens is 5. The van der Waals surface area contributed by atoms with Gasteiger partial charge in [-0.15, -0.1) is 0 Å². The summed E-state index contributed by atoms with van der Waals surface area (Å²) in [7, 11) is 0. The highest BCUT2D eigenvalue weighted by atomic mass is 35.5. The van der Waals surface area contributed by atoms with E-state index in [1.807, 2.05) is 36.4 Å². The minimum absolute atomic E-state index is 0.0844. The number of hydrogen-bond donors (Lipinski definition) is 1. The number of carbonyl (C=O) groups excluding carboxylic acids is 1. The second-order valence-corrected chi connectivity index (χ2v) is 8.05. The Balaban J connectivity index is 1.37. The van der Waals surface area contributed by atoms with E-state index in [0.29, 0.717) is 18.1 Å². The number of halogens is 3. The summed E-state index contributed by atoms with van der Waals surface area (Å²) in [6.07, 6.45) is 1.75. The maximum Gasteiger partial charge on any atom is 0.364 e. The maximum atomic E-state index is 13.8. The van der Waals surface area contributed by atoms with Crippen LogP contribution in [-0.2, 0) is 11.9 Å². The molecule has 0 bridgehead atoms. The molecule has 5 aromatic rings. The quantitative estimate of drug-likeness (QED) is 0.371. The molecule has 0 fully saturated rings. The third-order valence-corrected chi connectivity index (χ3v) is 5.37. The van der Waals surface area contributed by atoms with Crippen LogP contribution in [0.1, 0.15) is 27.4 Å². The van der Waals surface area contributed by atoms with Crippen LogP contribution < -0.4 is 5.32 Å². The predicted octanol–water partition coefficient (Wildman–Crippen LogP) is 4.98. The van der Waals surface area contributed by atoms with E-state index in [1.165, 1.54) is 6.07 Å². The van der Waals surface area contributed by atoms with Gasteiger partial charge in [0.2, 0.25) is 0 Å². The third-order valence-electron chi connectivity index (χ3n) is 5.17. The molecule has 1 N–H and O–H groups in total. The summed E-state index contributed by atoms with van der Waals surface area (Å²) in [4.78, 5) is 16.8. The van der Waals surface area contributed by atoms with Crippen LogP contribution in [0.25, 0.3) is 16.4 Å². The molecule has 10 heteroatoms. The first-order valence-electron chi connectivity index (χ1n) is 10.0. The Morgan fingerprint density at radius 3 is 2.70 bits per heavy atom. The molecule has 0 atom stereocenters. The Hall–Kier alpha value is -3.85. The fraction of sp³-hybridized carbons (Fsp3) is 0.130. The second-order valence-electron chi connectivity index (χ2n) is 7.57. The first-order valence-corrected chi connectivity index (χ1v) is 10.4. The van der Waals surface area contributed by atoms with E-state index in [1.54, 1.807) is 23.9 Å². The molecule has 0 aliphatic rings. The molecule has 0 radical (unpaired) electrons. The molecule has 0 unspecified atom stereocenters. The van der Waals surface area contributed by atoms with E-state index in [4.69, 9.17) is 11.6 Å². The summed E-state index contributed by atoms with van der Waals surface area (Å²) in [5.41, 5.74) is 0.864. The highest BCUT2D eigenvalue weighted by molar-refractivity contribution is 6.21. The molecule has 1 amide bonds. The van der Waals surface area contributed by atoms with Crippen molar-refractivity contribution in [1.82, 2.24) is 24.4 Å². The lowest BCUT2D eigenvalue weighted by Crippen LogP contribution is -2.15. The molecule has 5 rings (SSSR count). The first kappa shape index (κ1) is 21.0. The standard InChI is InChI=1S/C23H17ClF2N6O/c1-14-11-19(23(24,25)26)32-21(27-14)12-18(29-32)22(33)28-20-9-10-31(30-20)13-16-7-4-6-15-5-2-3-8-17(15)16/h2-12H,13H2,1H3,(H,28,30,33). The number of anilines is 1. The van der Waals surface area contributed by atoms with Crippen molar-refractivity contribution in [1.29, 1.82) is 0 Å². The molecule has 0 saturated carbocycles. The van der Waals surface area contributed by atoms with Crippen molar-refractivity contribution in [2.75, 3.05) is 5.32 Å². The minimum atomic E-state index is -3.66. The molecule has 3 heterocycles. The molecule has 0 spiro atoms. The summed E-state index contributed by atoms with van der Waals surface area (Å²) >= 11 is 5.20. The molecular weight excluding hydrogens is 450 g/mol. The fourth-order valence-electron chi connectivity index (χ4n) is 3.71. The number of alkyl halides is 3. The van der Waals surface area contributed by atoms with E-state index < -0.39 is 17.0 Å².